The van der Waals surface area contributed by atoms with E-state index in [-0.39, 0.29) is 0 Å². The SMILES string of the molecule is CCCNCc1cnc(N(C)Cc2csc(C)n2)s1. The zero-order valence-corrected chi connectivity index (χ0v) is 13.3. The number of aromatic nitrogens is 2. The molecule has 0 aromatic carbocycles. The van der Waals surface area contributed by atoms with Crippen LogP contribution in [0.25, 0.3) is 0 Å². The summed E-state index contributed by atoms with van der Waals surface area (Å²) in [7, 11) is 2.07. The Hall–Kier alpha value is -0.980. The second-order valence-electron chi connectivity index (χ2n) is 4.50. The normalized spacial score (nSPS) is 10.9. The Bertz CT molecular complexity index is 506. The summed E-state index contributed by atoms with van der Waals surface area (Å²) in [5.74, 6) is 0. The van der Waals surface area contributed by atoms with E-state index in [2.05, 4.69) is 39.5 Å². The van der Waals surface area contributed by atoms with Gasteiger partial charge in [-0.05, 0) is 19.9 Å². The highest BCUT2D eigenvalue weighted by atomic mass is 32.1. The van der Waals surface area contributed by atoms with Gasteiger partial charge in [0.15, 0.2) is 5.13 Å². The van der Waals surface area contributed by atoms with Crippen LogP contribution in [0, 0.1) is 6.92 Å². The van der Waals surface area contributed by atoms with Crippen LogP contribution in [0.1, 0.15) is 28.9 Å². The fourth-order valence-corrected chi connectivity index (χ4v) is 3.18. The van der Waals surface area contributed by atoms with Crippen LogP contribution >= 0.6 is 22.7 Å². The van der Waals surface area contributed by atoms with E-state index >= 15 is 0 Å². The monoisotopic (exact) mass is 296 g/mol. The fraction of sp³-hybridized carbons (Fsp3) is 0.538. The number of rotatable bonds is 7. The number of hydrogen-bond donors (Lipinski definition) is 1. The minimum absolute atomic E-state index is 0.819. The molecule has 0 aliphatic rings. The van der Waals surface area contributed by atoms with Crippen LogP contribution in [0.3, 0.4) is 0 Å². The summed E-state index contributed by atoms with van der Waals surface area (Å²) >= 11 is 3.44. The Kier molecular flexibility index (Phi) is 5.30. The molecular formula is C13H20N4S2. The number of nitrogens with one attached hydrogen (secondary N) is 1. The van der Waals surface area contributed by atoms with Crippen LogP contribution in [-0.4, -0.2) is 23.6 Å². The number of thiazole rings is 2. The number of anilines is 1. The van der Waals surface area contributed by atoms with Gasteiger partial charge in [-0.25, -0.2) is 9.97 Å². The van der Waals surface area contributed by atoms with Crippen molar-refractivity contribution in [2.45, 2.75) is 33.4 Å². The predicted molar refractivity (Wildman–Crippen MR) is 83.1 cm³/mol. The van der Waals surface area contributed by atoms with Crippen molar-refractivity contribution in [2.24, 2.45) is 0 Å². The maximum Gasteiger partial charge on any atom is 0.185 e. The lowest BCUT2D eigenvalue weighted by Gasteiger charge is -2.13. The summed E-state index contributed by atoms with van der Waals surface area (Å²) in [6.45, 7) is 7.00. The van der Waals surface area contributed by atoms with Crippen molar-refractivity contribution in [3.05, 3.63) is 27.2 Å². The van der Waals surface area contributed by atoms with Gasteiger partial charge in [0.25, 0.3) is 0 Å². The highest BCUT2D eigenvalue weighted by Crippen LogP contribution is 2.23. The molecule has 2 aromatic rings. The molecule has 0 fully saturated rings. The Balaban J connectivity index is 1.90. The fourth-order valence-electron chi connectivity index (χ4n) is 1.74. The molecule has 4 nitrogen and oxygen atoms in total. The lowest BCUT2D eigenvalue weighted by atomic mass is 10.4. The molecule has 0 saturated carbocycles. The quantitative estimate of drug-likeness (QED) is 0.797. The van der Waals surface area contributed by atoms with Crippen molar-refractivity contribution in [3.8, 4) is 0 Å². The van der Waals surface area contributed by atoms with Crippen LogP contribution in [0.4, 0.5) is 5.13 Å². The summed E-state index contributed by atoms with van der Waals surface area (Å²) < 4.78 is 0. The Morgan fingerprint density at radius 1 is 1.42 bits per heavy atom. The van der Waals surface area contributed by atoms with Gasteiger partial charge in [-0.15, -0.1) is 22.7 Å². The van der Waals surface area contributed by atoms with E-state index in [0.29, 0.717) is 0 Å². The Morgan fingerprint density at radius 2 is 2.26 bits per heavy atom. The zero-order chi connectivity index (χ0) is 13.7. The minimum atomic E-state index is 0.819. The molecule has 0 radical (unpaired) electrons. The summed E-state index contributed by atoms with van der Waals surface area (Å²) in [6.07, 6.45) is 3.13. The number of aryl methyl sites for hydroxylation is 1. The van der Waals surface area contributed by atoms with E-state index in [4.69, 9.17) is 0 Å². The van der Waals surface area contributed by atoms with E-state index in [0.717, 1.165) is 41.9 Å². The second kappa shape index (κ2) is 6.98. The van der Waals surface area contributed by atoms with Crippen molar-refractivity contribution >= 4 is 27.8 Å². The molecule has 0 aliphatic heterocycles. The van der Waals surface area contributed by atoms with Gasteiger partial charge < -0.3 is 10.2 Å². The molecule has 2 aromatic heterocycles. The topological polar surface area (TPSA) is 41.1 Å². The van der Waals surface area contributed by atoms with E-state index in [1.165, 1.54) is 4.88 Å². The first kappa shape index (κ1) is 14.4. The average Bonchev–Trinajstić information content (AvgIpc) is 2.99. The lowest BCUT2D eigenvalue weighted by molar-refractivity contribution is 0.681. The van der Waals surface area contributed by atoms with Crippen molar-refractivity contribution < 1.29 is 0 Å². The van der Waals surface area contributed by atoms with E-state index in [1.54, 1.807) is 22.7 Å². The number of hydrogen-bond acceptors (Lipinski definition) is 6. The number of nitrogens with zero attached hydrogens (tertiary/aromatic N) is 3. The highest BCUT2D eigenvalue weighted by molar-refractivity contribution is 7.15. The van der Waals surface area contributed by atoms with Crippen LogP contribution in [0.15, 0.2) is 11.6 Å². The molecule has 2 heterocycles. The third-order valence-electron chi connectivity index (χ3n) is 2.66. The molecule has 1 N–H and O–H groups in total. The minimum Gasteiger partial charge on any atom is -0.345 e. The molecule has 0 atom stereocenters. The van der Waals surface area contributed by atoms with Crippen molar-refractivity contribution in [1.82, 2.24) is 15.3 Å². The lowest BCUT2D eigenvalue weighted by Crippen LogP contribution is -2.16. The smallest absolute Gasteiger partial charge is 0.185 e. The molecule has 0 unspecified atom stereocenters. The first-order chi connectivity index (χ1) is 9.19. The summed E-state index contributed by atoms with van der Waals surface area (Å²) in [5, 5.41) is 7.68. The van der Waals surface area contributed by atoms with Gasteiger partial charge in [-0.2, -0.15) is 0 Å². The third kappa shape index (κ3) is 4.26. The molecule has 0 amide bonds. The predicted octanol–water partition coefficient (Wildman–Crippen LogP) is 3.04. The van der Waals surface area contributed by atoms with Gasteiger partial charge >= 0.3 is 0 Å². The second-order valence-corrected chi connectivity index (χ2v) is 6.66. The highest BCUT2D eigenvalue weighted by Gasteiger charge is 2.09. The molecule has 0 saturated heterocycles. The van der Waals surface area contributed by atoms with Gasteiger partial charge in [0.2, 0.25) is 0 Å². The molecule has 104 valence electrons. The maximum absolute atomic E-state index is 4.48. The van der Waals surface area contributed by atoms with Crippen LogP contribution in [0.5, 0.6) is 0 Å². The van der Waals surface area contributed by atoms with Crippen molar-refractivity contribution in [1.29, 1.82) is 0 Å². The van der Waals surface area contributed by atoms with Gasteiger partial charge in [-0.3, -0.25) is 0 Å². The summed E-state index contributed by atoms with van der Waals surface area (Å²) in [6, 6.07) is 0. The first-order valence-electron chi connectivity index (χ1n) is 6.46. The largest absolute Gasteiger partial charge is 0.345 e. The zero-order valence-electron chi connectivity index (χ0n) is 11.6. The summed E-state index contributed by atoms with van der Waals surface area (Å²) in [4.78, 5) is 12.4. The average molecular weight is 296 g/mol. The van der Waals surface area contributed by atoms with Crippen LogP contribution in [0.2, 0.25) is 0 Å². The van der Waals surface area contributed by atoms with Gasteiger partial charge in [-0.1, -0.05) is 6.92 Å². The van der Waals surface area contributed by atoms with E-state index in [1.807, 2.05) is 13.1 Å². The van der Waals surface area contributed by atoms with E-state index < -0.39 is 0 Å². The molecule has 2 rings (SSSR count). The van der Waals surface area contributed by atoms with E-state index in [9.17, 15) is 0 Å². The standard InChI is InChI=1S/C13H20N4S2/c1-4-5-14-6-12-7-15-13(19-12)17(3)8-11-9-18-10(2)16-11/h7,9,14H,4-6,8H2,1-3H3. The Labute approximate surface area is 122 Å². The first-order valence-corrected chi connectivity index (χ1v) is 8.16. The van der Waals surface area contributed by atoms with Crippen molar-refractivity contribution in [2.75, 3.05) is 18.5 Å². The Morgan fingerprint density at radius 3 is 2.95 bits per heavy atom. The third-order valence-corrected chi connectivity index (χ3v) is 4.59. The molecule has 0 spiro atoms. The molecule has 0 aliphatic carbocycles. The van der Waals surface area contributed by atoms with Gasteiger partial charge in [0.05, 0.1) is 17.2 Å². The van der Waals surface area contributed by atoms with Gasteiger partial charge in [0, 0.05) is 30.0 Å². The molecular weight excluding hydrogens is 276 g/mol. The maximum atomic E-state index is 4.48. The molecule has 6 heteroatoms. The van der Waals surface area contributed by atoms with Crippen LogP contribution in [-0.2, 0) is 13.1 Å². The molecule has 19 heavy (non-hydrogen) atoms. The molecule has 0 bridgehead atoms. The van der Waals surface area contributed by atoms with Crippen molar-refractivity contribution in [3.63, 3.8) is 0 Å². The van der Waals surface area contributed by atoms with Gasteiger partial charge in [0.1, 0.15) is 0 Å². The summed E-state index contributed by atoms with van der Waals surface area (Å²) in [5.41, 5.74) is 1.12. The van der Waals surface area contributed by atoms with Crippen LogP contribution < -0.4 is 10.2 Å².